The molecule has 2 saturated heterocycles. The van der Waals surface area contributed by atoms with Crippen LogP contribution in [0.15, 0.2) is 12.2 Å². The fourth-order valence-corrected chi connectivity index (χ4v) is 9.87. The minimum absolute atomic E-state index is 0.0680. The number of hydrogen-bond acceptors (Lipinski definition) is 14. The van der Waals surface area contributed by atoms with Gasteiger partial charge in [-0.25, -0.2) is 0 Å². The third-order valence-electron chi connectivity index (χ3n) is 14.8. The highest BCUT2D eigenvalue weighted by Crippen LogP contribution is 2.27. The molecule has 14 nitrogen and oxygen atoms in total. The van der Waals surface area contributed by atoms with E-state index in [1.54, 1.807) is 0 Å². The Bertz CT molecular complexity index is 1260. The number of carbonyl (C=O) groups excluding carboxylic acids is 1. The van der Waals surface area contributed by atoms with E-state index in [1.165, 1.54) is 193 Å². The number of hydrogen-bond donors (Lipinski definition) is 7. The first kappa shape index (κ1) is 67.8. The lowest BCUT2D eigenvalue weighted by Gasteiger charge is -2.42. The lowest BCUT2D eigenvalue weighted by molar-refractivity contribution is -0.332. The van der Waals surface area contributed by atoms with Crippen molar-refractivity contribution in [2.24, 2.45) is 0 Å². The van der Waals surface area contributed by atoms with Crippen LogP contribution in [0.4, 0.5) is 0 Å². The van der Waals surface area contributed by atoms with Crippen molar-refractivity contribution in [2.75, 3.05) is 33.0 Å². The van der Waals surface area contributed by atoms with Crippen LogP contribution in [-0.2, 0) is 33.2 Å². The molecule has 0 radical (unpaired) electrons. The predicted octanol–water partition coefficient (Wildman–Crippen LogP) is 11.0. The van der Waals surface area contributed by atoms with Crippen molar-refractivity contribution in [2.45, 2.75) is 325 Å². The molecule has 0 aliphatic carbocycles. The lowest BCUT2D eigenvalue weighted by Crippen LogP contribution is -2.61. The van der Waals surface area contributed by atoms with Crippen LogP contribution < -0.4 is 0 Å². The molecule has 2 rings (SSSR count). The summed E-state index contributed by atoms with van der Waals surface area (Å²) < 4.78 is 34.4. The molecule has 2 heterocycles. The van der Waals surface area contributed by atoms with E-state index in [1.807, 2.05) is 0 Å². The Morgan fingerprint density at radius 2 is 0.808 bits per heavy atom. The monoisotopic (exact) mass is 1040 g/mol. The summed E-state index contributed by atoms with van der Waals surface area (Å²) in [5, 5.41) is 72.4. The number of aliphatic hydroxyl groups excluding tert-OH is 7. The summed E-state index contributed by atoms with van der Waals surface area (Å²) in [4.78, 5) is 13.1. The van der Waals surface area contributed by atoms with Gasteiger partial charge in [-0.3, -0.25) is 4.79 Å². The zero-order valence-corrected chi connectivity index (χ0v) is 46.4. The van der Waals surface area contributed by atoms with Gasteiger partial charge in [0.2, 0.25) is 0 Å². The lowest BCUT2D eigenvalue weighted by atomic mass is 9.98. The molecule has 0 aromatic carbocycles. The fraction of sp³-hybridized carbons (Fsp3) is 0.949. The van der Waals surface area contributed by atoms with Gasteiger partial charge in [0.1, 0.15) is 54.9 Å². The van der Waals surface area contributed by atoms with Gasteiger partial charge in [-0.2, -0.15) is 0 Å². The van der Waals surface area contributed by atoms with Crippen LogP contribution >= 0.6 is 0 Å². The van der Waals surface area contributed by atoms with E-state index < -0.39 is 80.7 Å². The van der Waals surface area contributed by atoms with Crippen LogP contribution in [0.3, 0.4) is 0 Å². The Labute approximate surface area is 444 Å². The van der Waals surface area contributed by atoms with Crippen molar-refractivity contribution in [1.29, 1.82) is 0 Å². The van der Waals surface area contributed by atoms with Gasteiger partial charge in [0.05, 0.1) is 26.4 Å². The van der Waals surface area contributed by atoms with E-state index >= 15 is 0 Å². The molecule has 2 aliphatic rings. The molecule has 11 atom stereocenters. The second kappa shape index (κ2) is 46.8. The van der Waals surface area contributed by atoms with E-state index in [2.05, 4.69) is 26.0 Å². The summed E-state index contributed by atoms with van der Waals surface area (Å²) >= 11 is 0. The number of unbranched alkanes of at least 4 members (excludes halogenated alkanes) is 34. The zero-order valence-electron chi connectivity index (χ0n) is 46.4. The van der Waals surface area contributed by atoms with Crippen molar-refractivity contribution in [1.82, 2.24) is 0 Å². The Morgan fingerprint density at radius 3 is 1.25 bits per heavy atom. The van der Waals surface area contributed by atoms with Crippen molar-refractivity contribution in [3.05, 3.63) is 12.2 Å². The number of esters is 1. The second-order valence-corrected chi connectivity index (χ2v) is 21.5. The summed E-state index contributed by atoms with van der Waals surface area (Å²) in [6.45, 7) is 3.75. The highest BCUT2D eigenvalue weighted by Gasteiger charge is 2.47. The molecule has 0 saturated carbocycles. The van der Waals surface area contributed by atoms with Gasteiger partial charge in [0, 0.05) is 13.0 Å². The minimum Gasteiger partial charge on any atom is -0.457 e. The number of carbonyl (C=O) groups is 1. The van der Waals surface area contributed by atoms with Gasteiger partial charge >= 0.3 is 5.97 Å². The standard InChI is InChI=1S/C59H112O14/c1-3-5-7-9-11-13-15-17-19-21-22-23-24-25-26-27-28-30-32-34-36-38-40-42-51(61)71-48(45-68-43-41-39-37-35-33-31-29-20-18-16-14-12-10-8-6-4-2)46-69-58-57(67)55(65)53(63)50(73-58)47-70-59-56(66)54(64)52(62)49(44-60)72-59/h21-22,48-50,52-60,62-67H,3-20,23-47H2,1-2H3/b22-21-. The molecule has 0 amide bonds. The first-order valence-corrected chi connectivity index (χ1v) is 30.3. The Morgan fingerprint density at radius 1 is 0.438 bits per heavy atom. The fourth-order valence-electron chi connectivity index (χ4n) is 9.87. The summed E-state index contributed by atoms with van der Waals surface area (Å²) in [5.41, 5.74) is 0. The normalized spacial score (nSPS) is 24.9. The number of rotatable bonds is 50. The van der Waals surface area contributed by atoms with E-state index in [9.17, 15) is 40.5 Å². The van der Waals surface area contributed by atoms with Gasteiger partial charge < -0.3 is 64.2 Å². The van der Waals surface area contributed by atoms with Gasteiger partial charge in [-0.1, -0.05) is 225 Å². The van der Waals surface area contributed by atoms with Gasteiger partial charge in [0.15, 0.2) is 12.6 Å². The molecule has 2 aliphatic heterocycles. The van der Waals surface area contributed by atoms with E-state index in [0.717, 1.165) is 38.5 Å². The van der Waals surface area contributed by atoms with Gasteiger partial charge in [-0.15, -0.1) is 0 Å². The maximum absolute atomic E-state index is 13.1. The van der Waals surface area contributed by atoms with Gasteiger partial charge in [-0.05, 0) is 38.5 Å². The molecule has 432 valence electrons. The molecule has 0 spiro atoms. The third kappa shape index (κ3) is 33.6. The maximum atomic E-state index is 13.1. The van der Waals surface area contributed by atoms with Crippen LogP contribution in [0.2, 0.25) is 0 Å². The van der Waals surface area contributed by atoms with Gasteiger partial charge in [0.25, 0.3) is 0 Å². The molecular weight excluding hydrogens is 933 g/mol. The van der Waals surface area contributed by atoms with Crippen LogP contribution in [0.1, 0.15) is 258 Å². The van der Waals surface area contributed by atoms with E-state index in [4.69, 9.17) is 28.4 Å². The quantitative estimate of drug-likeness (QED) is 0.0172. The Kier molecular flexibility index (Phi) is 43.5. The van der Waals surface area contributed by atoms with Crippen molar-refractivity contribution in [3.63, 3.8) is 0 Å². The highest BCUT2D eigenvalue weighted by molar-refractivity contribution is 5.69. The summed E-state index contributed by atoms with van der Waals surface area (Å²) in [6.07, 6.45) is 35.6. The highest BCUT2D eigenvalue weighted by atomic mass is 16.7. The van der Waals surface area contributed by atoms with Crippen molar-refractivity contribution >= 4 is 5.97 Å². The zero-order chi connectivity index (χ0) is 53.0. The Balaban J connectivity index is 1.68. The van der Waals surface area contributed by atoms with E-state index in [0.29, 0.717) is 13.0 Å². The van der Waals surface area contributed by atoms with Crippen LogP contribution in [0, 0.1) is 0 Å². The molecular formula is C59H112O14. The molecule has 14 heteroatoms. The minimum atomic E-state index is -1.70. The number of allylic oxidation sites excluding steroid dienone is 2. The first-order valence-electron chi connectivity index (χ1n) is 30.3. The average molecular weight is 1050 g/mol. The topological polar surface area (TPSA) is 214 Å². The Hall–Kier alpha value is -1.27. The first-order chi connectivity index (χ1) is 35.6. The third-order valence-corrected chi connectivity index (χ3v) is 14.8. The number of aliphatic hydroxyl groups is 7. The van der Waals surface area contributed by atoms with Crippen molar-refractivity contribution < 1.29 is 69.0 Å². The summed E-state index contributed by atoms with van der Waals surface area (Å²) in [6, 6.07) is 0. The smallest absolute Gasteiger partial charge is 0.306 e. The predicted molar refractivity (Wildman–Crippen MR) is 289 cm³/mol. The van der Waals surface area contributed by atoms with E-state index in [-0.39, 0.29) is 25.6 Å². The average Bonchev–Trinajstić information content (AvgIpc) is 3.39. The number of ether oxygens (including phenoxy) is 6. The summed E-state index contributed by atoms with van der Waals surface area (Å²) in [5.74, 6) is -0.370. The van der Waals surface area contributed by atoms with Crippen LogP contribution in [-0.4, -0.2) is 142 Å². The molecule has 0 aromatic heterocycles. The van der Waals surface area contributed by atoms with Crippen molar-refractivity contribution in [3.8, 4) is 0 Å². The molecule has 2 fully saturated rings. The second-order valence-electron chi connectivity index (χ2n) is 21.5. The molecule has 11 unspecified atom stereocenters. The molecule has 0 bridgehead atoms. The SMILES string of the molecule is CCCCCCCCCC/C=C\CCCCCCCCCCCCCC(=O)OC(COCCCCCCCCCCCCCCCCCC)COC1OC(COC2OC(CO)C(O)C(O)C2O)C(O)C(O)C1O. The summed E-state index contributed by atoms with van der Waals surface area (Å²) in [7, 11) is 0. The van der Waals surface area contributed by atoms with Crippen LogP contribution in [0.25, 0.3) is 0 Å². The molecule has 7 N–H and O–H groups in total. The maximum Gasteiger partial charge on any atom is 0.306 e. The molecule has 0 aromatic rings. The van der Waals surface area contributed by atoms with Crippen LogP contribution in [0.5, 0.6) is 0 Å². The molecule has 73 heavy (non-hydrogen) atoms. The largest absolute Gasteiger partial charge is 0.457 e.